The average molecular weight is 245 g/mol. The van der Waals surface area contributed by atoms with E-state index < -0.39 is 5.60 Å². The molecule has 1 amide bonds. The highest BCUT2D eigenvalue weighted by Crippen LogP contribution is 2.20. The van der Waals surface area contributed by atoms with Gasteiger partial charge >= 0.3 is 6.09 Å². The molecule has 0 atom stereocenters. The Morgan fingerprint density at radius 2 is 2.06 bits per heavy atom. The van der Waals surface area contributed by atoms with Crippen molar-refractivity contribution < 1.29 is 9.53 Å². The summed E-state index contributed by atoms with van der Waals surface area (Å²) in [6.45, 7) is 7.08. The van der Waals surface area contributed by atoms with Crippen LogP contribution in [0.3, 0.4) is 0 Å². The lowest BCUT2D eigenvalue weighted by molar-refractivity contribution is 0.0224. The first kappa shape index (κ1) is 13.0. The highest BCUT2D eigenvalue weighted by molar-refractivity contribution is 6.32. The SMILES string of the molecule is Bc1ccc2c(c1)CCN(C(=O)OC(C)(C)C)C2. The molecule has 1 aromatic carbocycles. The van der Waals surface area contributed by atoms with Gasteiger partial charge < -0.3 is 9.64 Å². The number of nitrogens with zero attached hydrogens (tertiary/aromatic N) is 1. The second-order valence-corrected chi connectivity index (χ2v) is 5.92. The predicted molar refractivity (Wildman–Crippen MR) is 75.0 cm³/mol. The molecule has 1 aliphatic heterocycles. The van der Waals surface area contributed by atoms with Gasteiger partial charge in [0, 0.05) is 13.1 Å². The van der Waals surface area contributed by atoms with E-state index in [2.05, 4.69) is 26.0 Å². The van der Waals surface area contributed by atoms with Crippen LogP contribution in [0.2, 0.25) is 0 Å². The number of rotatable bonds is 0. The minimum absolute atomic E-state index is 0.214. The molecule has 0 saturated heterocycles. The largest absolute Gasteiger partial charge is 0.444 e. The van der Waals surface area contributed by atoms with Crippen LogP contribution in [0.15, 0.2) is 18.2 Å². The standard InChI is InChI=1S/C14H20BNO2/c1-14(2,3)18-13(17)16-7-6-10-8-12(15)5-4-11(10)9-16/h4-5,8H,6-7,9,15H2,1-3H3. The van der Waals surface area contributed by atoms with E-state index in [-0.39, 0.29) is 6.09 Å². The van der Waals surface area contributed by atoms with Crippen molar-refractivity contribution in [3.8, 4) is 0 Å². The van der Waals surface area contributed by atoms with Gasteiger partial charge in [0.05, 0.1) is 0 Å². The van der Waals surface area contributed by atoms with Gasteiger partial charge in [-0.25, -0.2) is 4.79 Å². The highest BCUT2D eigenvalue weighted by Gasteiger charge is 2.25. The fourth-order valence-electron chi connectivity index (χ4n) is 2.16. The summed E-state index contributed by atoms with van der Waals surface area (Å²) >= 11 is 0. The van der Waals surface area contributed by atoms with E-state index in [0.29, 0.717) is 6.54 Å². The molecule has 2 rings (SSSR count). The van der Waals surface area contributed by atoms with Crippen LogP contribution in [-0.4, -0.2) is 31.0 Å². The summed E-state index contributed by atoms with van der Waals surface area (Å²) < 4.78 is 5.40. The van der Waals surface area contributed by atoms with Crippen LogP contribution in [0.4, 0.5) is 4.79 Å². The molecule has 0 fully saturated rings. The molecule has 0 saturated carbocycles. The molecular formula is C14H20BNO2. The smallest absolute Gasteiger partial charge is 0.410 e. The predicted octanol–water partition coefficient (Wildman–Crippen LogP) is 1.24. The second-order valence-electron chi connectivity index (χ2n) is 5.92. The average Bonchev–Trinajstić information content (AvgIpc) is 2.26. The maximum Gasteiger partial charge on any atom is 0.410 e. The zero-order valence-corrected chi connectivity index (χ0v) is 11.6. The fraction of sp³-hybridized carbons (Fsp3) is 0.500. The first-order chi connectivity index (χ1) is 8.35. The summed E-state index contributed by atoms with van der Waals surface area (Å²) in [6, 6.07) is 6.42. The zero-order valence-electron chi connectivity index (χ0n) is 11.6. The Morgan fingerprint density at radius 1 is 1.33 bits per heavy atom. The van der Waals surface area contributed by atoms with Crippen molar-refractivity contribution in [2.75, 3.05) is 6.54 Å². The molecular weight excluding hydrogens is 225 g/mol. The van der Waals surface area contributed by atoms with Gasteiger partial charge in [-0.1, -0.05) is 23.7 Å². The van der Waals surface area contributed by atoms with Crippen molar-refractivity contribution in [2.24, 2.45) is 0 Å². The fourth-order valence-corrected chi connectivity index (χ4v) is 2.16. The van der Waals surface area contributed by atoms with Crippen LogP contribution in [-0.2, 0) is 17.7 Å². The van der Waals surface area contributed by atoms with Crippen LogP contribution >= 0.6 is 0 Å². The number of ether oxygens (including phenoxy) is 1. The lowest BCUT2D eigenvalue weighted by atomic mass is 9.89. The number of fused-ring (bicyclic) bond motifs is 1. The maximum atomic E-state index is 12.0. The van der Waals surface area contributed by atoms with Crippen molar-refractivity contribution >= 4 is 19.4 Å². The van der Waals surface area contributed by atoms with Gasteiger partial charge in [-0.3, -0.25) is 0 Å². The number of amides is 1. The minimum Gasteiger partial charge on any atom is -0.444 e. The van der Waals surface area contributed by atoms with E-state index in [4.69, 9.17) is 4.74 Å². The molecule has 96 valence electrons. The molecule has 1 heterocycles. The molecule has 0 unspecified atom stereocenters. The first-order valence-electron chi connectivity index (χ1n) is 6.41. The third-order valence-corrected chi connectivity index (χ3v) is 3.03. The molecule has 0 aliphatic carbocycles. The van der Waals surface area contributed by atoms with Gasteiger partial charge in [-0.2, -0.15) is 0 Å². The molecule has 1 aromatic rings. The van der Waals surface area contributed by atoms with Crippen molar-refractivity contribution in [3.63, 3.8) is 0 Å². The Labute approximate surface area is 110 Å². The van der Waals surface area contributed by atoms with Crippen molar-refractivity contribution in [2.45, 2.75) is 39.3 Å². The Kier molecular flexibility index (Phi) is 3.37. The number of carbonyl (C=O) groups is 1. The van der Waals surface area contributed by atoms with Gasteiger partial charge in [-0.15, -0.1) is 0 Å². The number of hydrogen-bond donors (Lipinski definition) is 0. The van der Waals surface area contributed by atoms with Crippen molar-refractivity contribution in [3.05, 3.63) is 29.3 Å². The molecule has 1 aliphatic rings. The zero-order chi connectivity index (χ0) is 13.3. The number of carbonyl (C=O) groups excluding carboxylic acids is 1. The van der Waals surface area contributed by atoms with E-state index in [9.17, 15) is 4.79 Å². The normalized spacial score (nSPS) is 15.2. The summed E-state index contributed by atoms with van der Waals surface area (Å²) in [6.07, 6.45) is 0.699. The Bertz CT molecular complexity index is 465. The lowest BCUT2D eigenvalue weighted by Gasteiger charge is -2.31. The maximum absolute atomic E-state index is 12.0. The molecule has 0 radical (unpaired) electrons. The van der Waals surface area contributed by atoms with Crippen molar-refractivity contribution in [1.29, 1.82) is 0 Å². The van der Waals surface area contributed by atoms with Crippen LogP contribution in [0.5, 0.6) is 0 Å². The molecule has 18 heavy (non-hydrogen) atoms. The van der Waals surface area contributed by atoms with Gasteiger partial charge in [-0.05, 0) is 38.3 Å². The number of benzene rings is 1. The molecule has 0 spiro atoms. The van der Waals surface area contributed by atoms with Crippen LogP contribution < -0.4 is 5.46 Å². The summed E-state index contributed by atoms with van der Waals surface area (Å²) in [5.41, 5.74) is 3.44. The monoisotopic (exact) mass is 245 g/mol. The summed E-state index contributed by atoms with van der Waals surface area (Å²) in [5, 5.41) is 0. The second kappa shape index (κ2) is 4.67. The van der Waals surface area contributed by atoms with Gasteiger partial charge in [0.15, 0.2) is 0 Å². The third kappa shape index (κ3) is 3.06. The molecule has 0 N–H and O–H groups in total. The first-order valence-corrected chi connectivity index (χ1v) is 6.41. The minimum atomic E-state index is -0.426. The molecule has 3 nitrogen and oxygen atoms in total. The Hall–Kier alpha value is -1.45. The van der Waals surface area contributed by atoms with E-state index in [1.54, 1.807) is 4.90 Å². The van der Waals surface area contributed by atoms with E-state index in [0.717, 1.165) is 13.0 Å². The Balaban J connectivity index is 2.08. The van der Waals surface area contributed by atoms with Crippen molar-refractivity contribution in [1.82, 2.24) is 4.90 Å². The van der Waals surface area contributed by atoms with Gasteiger partial charge in [0.2, 0.25) is 0 Å². The van der Waals surface area contributed by atoms with Crippen LogP contribution in [0, 0.1) is 0 Å². The third-order valence-electron chi connectivity index (χ3n) is 3.03. The molecule has 0 bridgehead atoms. The van der Waals surface area contributed by atoms with Crippen LogP contribution in [0.1, 0.15) is 31.9 Å². The summed E-state index contributed by atoms with van der Waals surface area (Å²) in [7, 11) is 2.10. The summed E-state index contributed by atoms with van der Waals surface area (Å²) in [4.78, 5) is 13.8. The molecule has 0 aromatic heterocycles. The topological polar surface area (TPSA) is 29.5 Å². The molecule has 4 heteroatoms. The Morgan fingerprint density at radius 3 is 2.72 bits per heavy atom. The highest BCUT2D eigenvalue weighted by atomic mass is 16.6. The quantitative estimate of drug-likeness (QED) is 0.643. The van der Waals surface area contributed by atoms with Crippen LogP contribution in [0.25, 0.3) is 0 Å². The lowest BCUT2D eigenvalue weighted by Crippen LogP contribution is -2.40. The van der Waals surface area contributed by atoms with E-state index in [1.165, 1.54) is 16.6 Å². The summed E-state index contributed by atoms with van der Waals surface area (Å²) in [5.74, 6) is 0. The van der Waals surface area contributed by atoms with E-state index in [1.807, 2.05) is 20.8 Å². The van der Waals surface area contributed by atoms with Gasteiger partial charge in [0.1, 0.15) is 13.4 Å². The number of hydrogen-bond acceptors (Lipinski definition) is 2. The van der Waals surface area contributed by atoms with Gasteiger partial charge in [0.25, 0.3) is 0 Å². The van der Waals surface area contributed by atoms with E-state index >= 15 is 0 Å².